The van der Waals surface area contributed by atoms with E-state index in [2.05, 4.69) is 10.6 Å². The Balaban J connectivity index is 2.41. The molecule has 1 aliphatic heterocycles. The minimum absolute atomic E-state index is 0.180. The lowest BCUT2D eigenvalue weighted by atomic mass is 9.99. The maximum absolute atomic E-state index is 12.0. The van der Waals surface area contributed by atoms with Gasteiger partial charge in [-0.25, -0.2) is 4.79 Å². The van der Waals surface area contributed by atoms with E-state index in [0.29, 0.717) is 32.5 Å². The fraction of sp³-hybridized carbons (Fsp3) is 0.769. The zero-order valence-electron chi connectivity index (χ0n) is 12.4. The number of nitrogens with one attached hydrogen (secondary N) is 2. The molecule has 0 aromatic rings. The van der Waals surface area contributed by atoms with Gasteiger partial charge in [0.25, 0.3) is 0 Å². The molecular formula is C13H23N3O5. The van der Waals surface area contributed by atoms with Crippen LogP contribution in [0.1, 0.15) is 19.8 Å². The third kappa shape index (κ3) is 5.58. The van der Waals surface area contributed by atoms with Gasteiger partial charge in [-0.15, -0.1) is 0 Å². The molecule has 8 nitrogen and oxygen atoms in total. The van der Waals surface area contributed by atoms with E-state index in [1.54, 1.807) is 6.92 Å². The van der Waals surface area contributed by atoms with Gasteiger partial charge in [0.1, 0.15) is 6.04 Å². The summed E-state index contributed by atoms with van der Waals surface area (Å²) in [5, 5.41) is 14.2. The number of carbonyl (C=O) groups is 3. The van der Waals surface area contributed by atoms with Gasteiger partial charge in [-0.3, -0.25) is 9.59 Å². The number of aliphatic carboxylic acids is 1. The molecule has 1 fully saturated rings. The zero-order chi connectivity index (χ0) is 15.8. The van der Waals surface area contributed by atoms with Crippen LogP contribution >= 0.6 is 0 Å². The van der Waals surface area contributed by atoms with Crippen LogP contribution in [-0.2, 0) is 14.3 Å². The number of urea groups is 1. The van der Waals surface area contributed by atoms with Gasteiger partial charge in [0.2, 0.25) is 5.91 Å². The molecule has 0 radical (unpaired) electrons. The summed E-state index contributed by atoms with van der Waals surface area (Å²) >= 11 is 0. The van der Waals surface area contributed by atoms with Gasteiger partial charge in [0.05, 0.1) is 12.5 Å². The second-order valence-electron chi connectivity index (χ2n) is 5.08. The van der Waals surface area contributed by atoms with Crippen LogP contribution in [0.5, 0.6) is 0 Å². The second-order valence-corrected chi connectivity index (χ2v) is 5.08. The van der Waals surface area contributed by atoms with Crippen molar-refractivity contribution in [3.05, 3.63) is 0 Å². The summed E-state index contributed by atoms with van der Waals surface area (Å²) in [5.41, 5.74) is 0. The second kappa shape index (κ2) is 8.46. The molecule has 0 saturated carbocycles. The summed E-state index contributed by atoms with van der Waals surface area (Å²) in [5.74, 6) is -1.72. The average molecular weight is 301 g/mol. The summed E-state index contributed by atoms with van der Waals surface area (Å²) < 4.78 is 4.82. The first-order valence-electron chi connectivity index (χ1n) is 7.00. The Morgan fingerprint density at radius 1 is 1.43 bits per heavy atom. The molecule has 2 atom stereocenters. The van der Waals surface area contributed by atoms with Crippen molar-refractivity contribution in [2.24, 2.45) is 5.92 Å². The number of methoxy groups -OCH3 is 1. The number of ether oxygens (including phenoxy) is 1. The summed E-state index contributed by atoms with van der Waals surface area (Å²) in [4.78, 5) is 36.2. The van der Waals surface area contributed by atoms with Crippen molar-refractivity contribution in [1.82, 2.24) is 15.5 Å². The molecule has 3 N–H and O–H groups in total. The van der Waals surface area contributed by atoms with Gasteiger partial charge in [-0.1, -0.05) is 0 Å². The lowest BCUT2D eigenvalue weighted by Gasteiger charge is -2.31. The Morgan fingerprint density at radius 2 is 2.14 bits per heavy atom. The van der Waals surface area contributed by atoms with Crippen molar-refractivity contribution in [3.63, 3.8) is 0 Å². The number of likely N-dealkylation sites (tertiary alicyclic amines) is 1. The number of amides is 3. The molecule has 21 heavy (non-hydrogen) atoms. The van der Waals surface area contributed by atoms with Crippen LogP contribution < -0.4 is 10.6 Å². The minimum Gasteiger partial charge on any atom is -0.481 e. The monoisotopic (exact) mass is 301 g/mol. The maximum Gasteiger partial charge on any atom is 0.318 e. The molecule has 3 amide bonds. The van der Waals surface area contributed by atoms with Crippen LogP contribution in [0.2, 0.25) is 0 Å². The molecule has 1 heterocycles. The van der Waals surface area contributed by atoms with Crippen molar-refractivity contribution < 1.29 is 24.2 Å². The van der Waals surface area contributed by atoms with E-state index in [-0.39, 0.29) is 12.5 Å². The molecule has 1 aliphatic rings. The van der Waals surface area contributed by atoms with Crippen molar-refractivity contribution in [1.29, 1.82) is 0 Å². The third-order valence-corrected chi connectivity index (χ3v) is 3.40. The quantitative estimate of drug-likeness (QED) is 0.581. The first kappa shape index (κ1) is 17.2. The first-order chi connectivity index (χ1) is 9.95. The molecule has 0 aliphatic carbocycles. The summed E-state index contributed by atoms with van der Waals surface area (Å²) in [6.45, 7) is 3.05. The third-order valence-electron chi connectivity index (χ3n) is 3.40. The van der Waals surface area contributed by atoms with E-state index in [1.165, 1.54) is 12.0 Å². The van der Waals surface area contributed by atoms with Gasteiger partial charge in [-0.2, -0.15) is 0 Å². The number of carboxylic acids is 1. The molecule has 0 spiro atoms. The molecule has 0 bridgehead atoms. The van der Waals surface area contributed by atoms with Crippen LogP contribution in [0.3, 0.4) is 0 Å². The van der Waals surface area contributed by atoms with E-state index < -0.39 is 24.0 Å². The molecule has 8 heteroatoms. The Labute approximate surface area is 123 Å². The van der Waals surface area contributed by atoms with E-state index in [9.17, 15) is 14.4 Å². The van der Waals surface area contributed by atoms with Crippen molar-refractivity contribution in [3.8, 4) is 0 Å². The van der Waals surface area contributed by atoms with Crippen LogP contribution in [0.25, 0.3) is 0 Å². The molecule has 0 aromatic heterocycles. The maximum atomic E-state index is 12.0. The molecule has 120 valence electrons. The van der Waals surface area contributed by atoms with Crippen molar-refractivity contribution in [2.45, 2.75) is 25.8 Å². The van der Waals surface area contributed by atoms with Crippen molar-refractivity contribution in [2.75, 3.05) is 33.4 Å². The summed E-state index contributed by atoms with van der Waals surface area (Å²) in [6, 6.07) is -1.09. The number of piperidine rings is 1. The SMILES string of the molecule is COCCNC(=O)C(C)NC(=O)N1CCC[C@H](C(=O)O)C1. The first-order valence-corrected chi connectivity index (χ1v) is 7.00. The fourth-order valence-corrected chi connectivity index (χ4v) is 2.13. The number of carboxylic acid groups (broad SMARTS) is 1. The number of nitrogens with zero attached hydrogens (tertiary/aromatic N) is 1. The smallest absolute Gasteiger partial charge is 0.318 e. The minimum atomic E-state index is -0.891. The lowest BCUT2D eigenvalue weighted by Crippen LogP contribution is -2.52. The highest BCUT2D eigenvalue weighted by molar-refractivity contribution is 5.86. The largest absolute Gasteiger partial charge is 0.481 e. The lowest BCUT2D eigenvalue weighted by molar-refractivity contribution is -0.143. The van der Waals surface area contributed by atoms with E-state index in [1.807, 2.05) is 0 Å². The Morgan fingerprint density at radius 3 is 2.76 bits per heavy atom. The predicted molar refractivity (Wildman–Crippen MR) is 74.8 cm³/mol. The number of hydrogen-bond acceptors (Lipinski definition) is 4. The highest BCUT2D eigenvalue weighted by atomic mass is 16.5. The number of hydrogen-bond donors (Lipinski definition) is 3. The zero-order valence-corrected chi connectivity index (χ0v) is 12.4. The number of carbonyl (C=O) groups excluding carboxylic acids is 2. The molecule has 1 rings (SSSR count). The van der Waals surface area contributed by atoms with Crippen LogP contribution in [-0.4, -0.2) is 67.3 Å². The van der Waals surface area contributed by atoms with Crippen LogP contribution in [0.4, 0.5) is 4.79 Å². The van der Waals surface area contributed by atoms with Gasteiger partial charge < -0.3 is 25.4 Å². The molecule has 1 unspecified atom stereocenters. The van der Waals surface area contributed by atoms with E-state index >= 15 is 0 Å². The fourth-order valence-electron chi connectivity index (χ4n) is 2.13. The Kier molecular flexibility index (Phi) is 6.93. The molecular weight excluding hydrogens is 278 g/mol. The van der Waals surface area contributed by atoms with Gasteiger partial charge in [0.15, 0.2) is 0 Å². The highest BCUT2D eigenvalue weighted by Gasteiger charge is 2.29. The highest BCUT2D eigenvalue weighted by Crippen LogP contribution is 2.16. The van der Waals surface area contributed by atoms with E-state index in [4.69, 9.17) is 9.84 Å². The van der Waals surface area contributed by atoms with Gasteiger partial charge >= 0.3 is 12.0 Å². The van der Waals surface area contributed by atoms with Crippen molar-refractivity contribution >= 4 is 17.9 Å². The Bertz CT molecular complexity index is 388. The number of rotatable bonds is 6. The topological polar surface area (TPSA) is 108 Å². The average Bonchev–Trinajstić information content (AvgIpc) is 2.47. The van der Waals surface area contributed by atoms with Gasteiger partial charge in [-0.05, 0) is 19.8 Å². The van der Waals surface area contributed by atoms with Crippen LogP contribution in [0, 0.1) is 5.92 Å². The summed E-state index contributed by atoms with van der Waals surface area (Å²) in [7, 11) is 1.53. The normalized spacial score (nSPS) is 19.7. The summed E-state index contributed by atoms with van der Waals surface area (Å²) in [6.07, 6.45) is 1.23. The standard InChI is InChI=1S/C13H23N3O5/c1-9(11(17)14-5-7-21-2)15-13(20)16-6-3-4-10(8-16)12(18)19/h9-10H,3-8H2,1-2H3,(H,14,17)(H,15,20)(H,18,19)/t9?,10-/m0/s1. The molecule has 0 aromatic carbocycles. The van der Waals surface area contributed by atoms with E-state index in [0.717, 1.165) is 0 Å². The van der Waals surface area contributed by atoms with Crippen LogP contribution in [0.15, 0.2) is 0 Å². The molecule has 1 saturated heterocycles. The predicted octanol–water partition coefficient (Wildman–Crippen LogP) is -0.356. The Hall–Kier alpha value is -1.83. The van der Waals surface area contributed by atoms with Gasteiger partial charge in [0, 0.05) is 26.7 Å².